The van der Waals surface area contributed by atoms with E-state index in [1.165, 1.54) is 35.9 Å². The lowest BCUT2D eigenvalue weighted by molar-refractivity contribution is -0.119. The highest BCUT2D eigenvalue weighted by Gasteiger charge is 2.28. The molecule has 1 unspecified atom stereocenters. The Morgan fingerprint density at radius 3 is 3.11 bits per heavy atom. The molecule has 1 fully saturated rings. The van der Waals surface area contributed by atoms with Gasteiger partial charge in [-0.15, -0.1) is 16.8 Å². The molecular weight excluding hydrogens is 280 g/mol. The van der Waals surface area contributed by atoms with Gasteiger partial charge < -0.3 is 10.6 Å². The number of carbonyl (C=O) groups is 1. The van der Waals surface area contributed by atoms with Gasteiger partial charge in [-0.3, -0.25) is 4.79 Å². The number of thioether (sulfide) groups is 1. The fourth-order valence-corrected chi connectivity index (χ4v) is 3.21. The number of hydrogen-bond donors (Lipinski definition) is 2. The third-order valence-electron chi connectivity index (χ3n) is 2.85. The third kappa shape index (κ3) is 4.83. The molecule has 1 heterocycles. The van der Waals surface area contributed by atoms with Gasteiger partial charge in [-0.1, -0.05) is 29.2 Å². The molecular formula is C12H18N4OS2. The zero-order valence-electron chi connectivity index (χ0n) is 10.9. The van der Waals surface area contributed by atoms with Crippen LogP contribution in [-0.2, 0) is 4.79 Å². The molecule has 0 aliphatic heterocycles. The summed E-state index contributed by atoms with van der Waals surface area (Å²) in [5.41, 5.74) is 0. The van der Waals surface area contributed by atoms with Gasteiger partial charge in [0.25, 0.3) is 0 Å². The van der Waals surface area contributed by atoms with Crippen LogP contribution in [-0.4, -0.2) is 34.4 Å². The quantitative estimate of drug-likeness (QED) is 0.568. The van der Waals surface area contributed by atoms with E-state index in [1.807, 2.05) is 0 Å². The smallest absolute Gasteiger partial charge is 0.230 e. The zero-order chi connectivity index (χ0) is 13.7. The van der Waals surface area contributed by atoms with Crippen molar-refractivity contribution in [2.45, 2.75) is 30.1 Å². The number of hydrogen-bond acceptors (Lipinski definition) is 6. The maximum absolute atomic E-state index is 11.7. The Labute approximate surface area is 121 Å². The highest BCUT2D eigenvalue weighted by Crippen LogP contribution is 2.32. The van der Waals surface area contributed by atoms with Gasteiger partial charge in [0.1, 0.15) is 0 Å². The lowest BCUT2D eigenvalue weighted by atomic mass is 10.2. The van der Waals surface area contributed by atoms with Crippen LogP contribution in [0.3, 0.4) is 0 Å². The Hall–Kier alpha value is -1.08. The predicted molar refractivity (Wildman–Crippen MR) is 79.6 cm³/mol. The van der Waals surface area contributed by atoms with Crippen LogP contribution in [0.25, 0.3) is 0 Å². The van der Waals surface area contributed by atoms with Gasteiger partial charge in [0.2, 0.25) is 11.0 Å². The van der Waals surface area contributed by atoms with Crippen LogP contribution in [0.1, 0.15) is 19.8 Å². The fourth-order valence-electron chi connectivity index (χ4n) is 1.64. The number of amides is 1. The normalized spacial score (nSPS) is 15.8. The summed E-state index contributed by atoms with van der Waals surface area (Å²) in [6.07, 6.45) is 4.24. The summed E-state index contributed by atoms with van der Waals surface area (Å²) < 4.78 is 0.806. The first-order chi connectivity index (χ1) is 9.19. The van der Waals surface area contributed by atoms with Gasteiger partial charge in [0.15, 0.2) is 4.34 Å². The van der Waals surface area contributed by atoms with Crippen LogP contribution < -0.4 is 10.6 Å². The molecule has 104 valence electrons. The third-order valence-corrected chi connectivity index (χ3v) is 4.86. The Morgan fingerprint density at radius 1 is 1.63 bits per heavy atom. The van der Waals surface area contributed by atoms with E-state index in [0.717, 1.165) is 9.47 Å². The lowest BCUT2D eigenvalue weighted by Gasteiger charge is -2.11. The first kappa shape index (κ1) is 14.3. The Morgan fingerprint density at radius 2 is 2.42 bits per heavy atom. The minimum absolute atomic E-state index is 0.0696. The maximum Gasteiger partial charge on any atom is 0.230 e. The van der Waals surface area contributed by atoms with Crippen LogP contribution in [0.15, 0.2) is 17.0 Å². The first-order valence-corrected chi connectivity index (χ1v) is 8.09. The maximum atomic E-state index is 11.7. The summed E-state index contributed by atoms with van der Waals surface area (Å²) in [6.45, 7) is 6.36. The second kappa shape index (κ2) is 6.91. The van der Waals surface area contributed by atoms with Crippen molar-refractivity contribution in [3.63, 3.8) is 0 Å². The molecule has 0 spiro atoms. The molecule has 0 aromatic carbocycles. The van der Waals surface area contributed by atoms with E-state index in [2.05, 4.69) is 34.3 Å². The molecule has 7 heteroatoms. The van der Waals surface area contributed by atoms with Crippen molar-refractivity contribution >= 4 is 34.1 Å². The van der Waals surface area contributed by atoms with Crippen LogP contribution in [0.2, 0.25) is 0 Å². The largest absolute Gasteiger partial charge is 0.357 e. The predicted octanol–water partition coefficient (Wildman–Crippen LogP) is 2.14. The second-order valence-corrected chi connectivity index (χ2v) is 6.72. The average Bonchev–Trinajstić information content (AvgIpc) is 3.15. The number of nitrogens with one attached hydrogen (secondary N) is 2. The van der Waals surface area contributed by atoms with E-state index >= 15 is 0 Å². The fraction of sp³-hybridized carbons (Fsp3) is 0.583. The minimum atomic E-state index is 0.0696. The van der Waals surface area contributed by atoms with Gasteiger partial charge in [0, 0.05) is 12.6 Å². The van der Waals surface area contributed by atoms with Crippen molar-refractivity contribution in [1.82, 2.24) is 15.5 Å². The Kier molecular flexibility index (Phi) is 5.21. The van der Waals surface area contributed by atoms with Crippen molar-refractivity contribution in [2.24, 2.45) is 5.92 Å². The molecule has 1 aromatic rings. The molecule has 1 saturated carbocycles. The average molecular weight is 298 g/mol. The molecule has 0 saturated heterocycles. The van der Waals surface area contributed by atoms with Crippen molar-refractivity contribution < 1.29 is 4.79 Å². The number of carbonyl (C=O) groups excluding carboxylic acids is 1. The zero-order valence-corrected chi connectivity index (χ0v) is 12.5. The number of anilines is 1. The molecule has 1 aliphatic carbocycles. The topological polar surface area (TPSA) is 66.9 Å². The summed E-state index contributed by atoms with van der Waals surface area (Å²) in [5, 5.41) is 14.9. The molecule has 2 rings (SSSR count). The number of aromatic nitrogens is 2. The van der Waals surface area contributed by atoms with Gasteiger partial charge in [0.05, 0.1) is 5.75 Å². The molecule has 19 heavy (non-hydrogen) atoms. The highest BCUT2D eigenvalue weighted by molar-refractivity contribution is 8.01. The van der Waals surface area contributed by atoms with E-state index in [9.17, 15) is 4.79 Å². The summed E-state index contributed by atoms with van der Waals surface area (Å²) in [4.78, 5) is 11.7. The van der Waals surface area contributed by atoms with Gasteiger partial charge >= 0.3 is 0 Å². The van der Waals surface area contributed by atoms with E-state index in [1.54, 1.807) is 6.08 Å². The summed E-state index contributed by atoms with van der Waals surface area (Å²) >= 11 is 2.88. The van der Waals surface area contributed by atoms with Crippen LogP contribution >= 0.6 is 23.1 Å². The molecule has 0 bridgehead atoms. The van der Waals surface area contributed by atoms with E-state index in [-0.39, 0.29) is 5.91 Å². The van der Waals surface area contributed by atoms with E-state index < -0.39 is 0 Å². The summed E-state index contributed by atoms with van der Waals surface area (Å²) in [6, 6.07) is 0.298. The Bertz CT molecular complexity index is 445. The van der Waals surface area contributed by atoms with Crippen molar-refractivity contribution in [3.05, 3.63) is 12.7 Å². The minimum Gasteiger partial charge on any atom is -0.357 e. The van der Waals surface area contributed by atoms with Crippen LogP contribution in [0.5, 0.6) is 0 Å². The summed E-state index contributed by atoms with van der Waals surface area (Å²) in [7, 11) is 0. The van der Waals surface area contributed by atoms with Gasteiger partial charge in [-0.05, 0) is 25.7 Å². The van der Waals surface area contributed by atoms with Crippen molar-refractivity contribution in [1.29, 1.82) is 0 Å². The van der Waals surface area contributed by atoms with Crippen LogP contribution in [0, 0.1) is 5.92 Å². The molecule has 1 aliphatic rings. The second-order valence-electron chi connectivity index (χ2n) is 4.52. The molecule has 1 aromatic heterocycles. The first-order valence-electron chi connectivity index (χ1n) is 6.29. The standard InChI is InChI=1S/C12H18N4OS2/c1-3-6-13-11-15-16-12(19-11)18-7-10(17)14-8(2)9-4-5-9/h3,8-9H,1,4-7H2,2H3,(H,13,15)(H,14,17). The van der Waals surface area contributed by atoms with E-state index in [4.69, 9.17) is 0 Å². The molecule has 0 radical (unpaired) electrons. The number of rotatable bonds is 8. The highest BCUT2D eigenvalue weighted by atomic mass is 32.2. The SMILES string of the molecule is C=CCNc1nnc(SCC(=O)NC(C)C2CC2)s1. The molecule has 2 N–H and O–H groups in total. The van der Waals surface area contributed by atoms with Gasteiger partial charge in [-0.25, -0.2) is 0 Å². The lowest BCUT2D eigenvalue weighted by Crippen LogP contribution is -2.35. The van der Waals surface area contributed by atoms with Crippen molar-refractivity contribution in [2.75, 3.05) is 17.6 Å². The van der Waals surface area contributed by atoms with Crippen LogP contribution in [0.4, 0.5) is 5.13 Å². The number of nitrogens with zero attached hydrogens (tertiary/aromatic N) is 2. The van der Waals surface area contributed by atoms with Gasteiger partial charge in [-0.2, -0.15) is 0 Å². The Balaban J connectivity index is 1.70. The van der Waals surface area contributed by atoms with Crippen molar-refractivity contribution in [3.8, 4) is 0 Å². The molecule has 1 amide bonds. The van der Waals surface area contributed by atoms with E-state index in [0.29, 0.717) is 24.3 Å². The molecule has 5 nitrogen and oxygen atoms in total. The monoisotopic (exact) mass is 298 g/mol. The summed E-state index contributed by atoms with van der Waals surface area (Å²) in [5.74, 6) is 1.15. The molecule has 1 atom stereocenters.